The molecular formula is C20H38N2O4. The van der Waals surface area contributed by atoms with E-state index in [1.54, 1.807) is 0 Å². The summed E-state index contributed by atoms with van der Waals surface area (Å²) in [6, 6.07) is 0.888. The molecule has 0 heterocycles. The standard InChI is InChI=1S/C12H23NO2.C8H15NO2/c14-12(15)10-13-11-8-6-4-2-1-3-5-7-9-11;10-8(11)6-9-7-4-2-1-3-5-7/h11,13H,1-10H2,(H,14,15);7,9H,1-6H2,(H,10,11). The summed E-state index contributed by atoms with van der Waals surface area (Å²) in [6.07, 6.45) is 17.6. The number of aliphatic carboxylic acids is 2. The summed E-state index contributed by atoms with van der Waals surface area (Å²) < 4.78 is 0. The first-order valence-corrected chi connectivity index (χ1v) is 10.5. The fourth-order valence-corrected chi connectivity index (χ4v) is 3.78. The Hall–Kier alpha value is -1.14. The van der Waals surface area contributed by atoms with E-state index in [1.165, 1.54) is 64.2 Å². The van der Waals surface area contributed by atoms with Gasteiger partial charge in [0.2, 0.25) is 0 Å². The van der Waals surface area contributed by atoms with E-state index in [0.29, 0.717) is 12.1 Å². The van der Waals surface area contributed by atoms with Gasteiger partial charge < -0.3 is 20.8 Å². The molecule has 2 fully saturated rings. The van der Waals surface area contributed by atoms with E-state index in [4.69, 9.17) is 10.2 Å². The molecule has 0 saturated heterocycles. The third kappa shape index (κ3) is 13.1. The predicted molar refractivity (Wildman–Crippen MR) is 103 cm³/mol. The molecule has 0 bridgehead atoms. The zero-order valence-corrected chi connectivity index (χ0v) is 16.2. The van der Waals surface area contributed by atoms with Gasteiger partial charge in [0.15, 0.2) is 0 Å². The molecule has 2 aliphatic rings. The van der Waals surface area contributed by atoms with Crippen molar-refractivity contribution in [1.29, 1.82) is 0 Å². The van der Waals surface area contributed by atoms with Crippen LogP contribution in [0.15, 0.2) is 0 Å². The smallest absolute Gasteiger partial charge is 0.317 e. The van der Waals surface area contributed by atoms with Crippen LogP contribution >= 0.6 is 0 Å². The van der Waals surface area contributed by atoms with Crippen molar-refractivity contribution >= 4 is 11.9 Å². The van der Waals surface area contributed by atoms with Gasteiger partial charge in [0.05, 0.1) is 13.1 Å². The van der Waals surface area contributed by atoms with Crippen LogP contribution in [0.2, 0.25) is 0 Å². The van der Waals surface area contributed by atoms with E-state index >= 15 is 0 Å². The summed E-state index contributed by atoms with van der Waals surface area (Å²) >= 11 is 0. The quantitative estimate of drug-likeness (QED) is 0.571. The molecule has 0 aromatic carbocycles. The van der Waals surface area contributed by atoms with E-state index in [9.17, 15) is 9.59 Å². The van der Waals surface area contributed by atoms with Crippen molar-refractivity contribution in [3.63, 3.8) is 0 Å². The molecule has 0 aliphatic heterocycles. The average molecular weight is 371 g/mol. The normalized spacial score (nSPS) is 20.6. The minimum Gasteiger partial charge on any atom is -0.480 e. The number of hydrogen-bond donors (Lipinski definition) is 4. The highest BCUT2D eigenvalue weighted by Crippen LogP contribution is 2.17. The summed E-state index contributed by atoms with van der Waals surface area (Å²) in [7, 11) is 0. The van der Waals surface area contributed by atoms with Crippen LogP contribution in [0.3, 0.4) is 0 Å². The van der Waals surface area contributed by atoms with Gasteiger partial charge >= 0.3 is 11.9 Å². The van der Waals surface area contributed by atoms with E-state index in [1.807, 2.05) is 0 Å². The first-order valence-electron chi connectivity index (χ1n) is 10.5. The molecule has 0 amide bonds. The van der Waals surface area contributed by atoms with Crippen molar-refractivity contribution in [1.82, 2.24) is 10.6 Å². The first-order chi connectivity index (χ1) is 12.6. The van der Waals surface area contributed by atoms with Crippen LogP contribution in [0.4, 0.5) is 0 Å². The van der Waals surface area contributed by atoms with Gasteiger partial charge in [0.1, 0.15) is 0 Å². The Morgan fingerprint density at radius 1 is 0.577 bits per heavy atom. The number of carbonyl (C=O) groups is 2. The van der Waals surface area contributed by atoms with Gasteiger partial charge in [-0.25, -0.2) is 0 Å². The monoisotopic (exact) mass is 370 g/mol. The Balaban J connectivity index is 0.000000273. The van der Waals surface area contributed by atoms with Gasteiger partial charge in [-0.15, -0.1) is 0 Å². The molecule has 0 spiro atoms. The molecule has 2 saturated carbocycles. The van der Waals surface area contributed by atoms with Crippen LogP contribution in [-0.2, 0) is 9.59 Å². The van der Waals surface area contributed by atoms with Crippen molar-refractivity contribution in [3.05, 3.63) is 0 Å². The molecule has 0 radical (unpaired) electrons. The van der Waals surface area contributed by atoms with Crippen molar-refractivity contribution in [2.45, 2.75) is 102 Å². The SMILES string of the molecule is O=C(O)CNC1CCCCC1.O=C(O)CNC1CCCCCCCCC1. The van der Waals surface area contributed by atoms with E-state index in [2.05, 4.69) is 10.6 Å². The molecule has 2 aliphatic carbocycles. The highest BCUT2D eigenvalue weighted by molar-refractivity contribution is 5.69. The second kappa shape index (κ2) is 15.0. The number of hydrogen-bond acceptors (Lipinski definition) is 4. The lowest BCUT2D eigenvalue weighted by Gasteiger charge is -2.21. The van der Waals surface area contributed by atoms with Crippen molar-refractivity contribution < 1.29 is 19.8 Å². The Labute approximate surface area is 158 Å². The molecule has 152 valence electrons. The highest BCUT2D eigenvalue weighted by Gasteiger charge is 2.13. The second-order valence-corrected chi connectivity index (χ2v) is 7.63. The largest absolute Gasteiger partial charge is 0.480 e. The van der Waals surface area contributed by atoms with Crippen LogP contribution in [0.25, 0.3) is 0 Å². The first kappa shape index (κ1) is 22.9. The molecule has 0 unspecified atom stereocenters. The highest BCUT2D eigenvalue weighted by atomic mass is 16.4. The fraction of sp³-hybridized carbons (Fsp3) is 0.900. The van der Waals surface area contributed by atoms with Crippen LogP contribution in [-0.4, -0.2) is 47.3 Å². The van der Waals surface area contributed by atoms with Crippen LogP contribution in [0, 0.1) is 0 Å². The number of carboxylic acids is 2. The summed E-state index contributed by atoms with van der Waals surface area (Å²) in [5, 5.41) is 23.1. The Kier molecular flexibility index (Phi) is 13.2. The second-order valence-electron chi connectivity index (χ2n) is 7.63. The van der Waals surface area contributed by atoms with Gasteiger partial charge in [-0.05, 0) is 25.7 Å². The lowest BCUT2D eigenvalue weighted by Crippen LogP contribution is -2.34. The Morgan fingerprint density at radius 3 is 1.15 bits per heavy atom. The molecule has 0 aromatic heterocycles. The maximum Gasteiger partial charge on any atom is 0.317 e. The van der Waals surface area contributed by atoms with E-state index in [0.717, 1.165) is 25.7 Å². The molecule has 0 atom stereocenters. The average Bonchev–Trinajstić information content (AvgIpc) is 2.64. The van der Waals surface area contributed by atoms with Crippen LogP contribution < -0.4 is 10.6 Å². The molecule has 6 nitrogen and oxygen atoms in total. The third-order valence-electron chi connectivity index (χ3n) is 5.29. The van der Waals surface area contributed by atoms with Gasteiger partial charge in [0.25, 0.3) is 0 Å². The third-order valence-corrected chi connectivity index (χ3v) is 5.29. The topological polar surface area (TPSA) is 98.7 Å². The molecule has 2 rings (SSSR count). The van der Waals surface area contributed by atoms with Gasteiger partial charge in [0, 0.05) is 12.1 Å². The lowest BCUT2D eigenvalue weighted by molar-refractivity contribution is -0.137. The van der Waals surface area contributed by atoms with Crippen LogP contribution in [0.5, 0.6) is 0 Å². The minimum absolute atomic E-state index is 0.116. The van der Waals surface area contributed by atoms with E-state index < -0.39 is 11.9 Å². The molecular weight excluding hydrogens is 332 g/mol. The van der Waals surface area contributed by atoms with Crippen molar-refractivity contribution in [3.8, 4) is 0 Å². The maximum absolute atomic E-state index is 10.5. The fourth-order valence-electron chi connectivity index (χ4n) is 3.78. The maximum atomic E-state index is 10.5. The van der Waals surface area contributed by atoms with Gasteiger partial charge in [-0.1, -0.05) is 64.2 Å². The number of nitrogens with one attached hydrogen (secondary N) is 2. The van der Waals surface area contributed by atoms with Crippen molar-refractivity contribution in [2.24, 2.45) is 0 Å². The summed E-state index contributed by atoms with van der Waals surface area (Å²) in [4.78, 5) is 20.6. The zero-order valence-electron chi connectivity index (χ0n) is 16.2. The summed E-state index contributed by atoms with van der Waals surface area (Å²) in [6.45, 7) is 0.231. The molecule has 26 heavy (non-hydrogen) atoms. The number of carboxylic acid groups (broad SMARTS) is 2. The zero-order chi connectivity index (χ0) is 19.0. The van der Waals surface area contributed by atoms with Crippen molar-refractivity contribution in [2.75, 3.05) is 13.1 Å². The Morgan fingerprint density at radius 2 is 0.846 bits per heavy atom. The molecule has 4 N–H and O–H groups in total. The minimum atomic E-state index is -0.754. The van der Waals surface area contributed by atoms with Gasteiger partial charge in [-0.3, -0.25) is 9.59 Å². The van der Waals surface area contributed by atoms with Crippen LogP contribution in [0.1, 0.15) is 89.9 Å². The predicted octanol–water partition coefficient (Wildman–Crippen LogP) is 3.55. The molecule has 6 heteroatoms. The Bertz CT molecular complexity index is 374. The lowest BCUT2D eigenvalue weighted by atomic mass is 9.96. The van der Waals surface area contributed by atoms with Gasteiger partial charge in [-0.2, -0.15) is 0 Å². The number of rotatable bonds is 6. The summed E-state index contributed by atoms with van der Waals surface area (Å²) in [5.74, 6) is -1.50. The van der Waals surface area contributed by atoms with E-state index in [-0.39, 0.29) is 13.1 Å². The molecule has 0 aromatic rings. The summed E-state index contributed by atoms with van der Waals surface area (Å²) in [5.41, 5.74) is 0.